The minimum absolute atomic E-state index is 0.0864. The summed E-state index contributed by atoms with van der Waals surface area (Å²) in [7, 11) is 0. The summed E-state index contributed by atoms with van der Waals surface area (Å²) < 4.78 is 11.3. The van der Waals surface area contributed by atoms with Crippen LogP contribution in [-0.4, -0.2) is 33.4 Å². The molecule has 0 spiro atoms. The van der Waals surface area contributed by atoms with Crippen LogP contribution in [0.5, 0.6) is 0 Å². The van der Waals surface area contributed by atoms with Crippen LogP contribution in [0.2, 0.25) is 0 Å². The summed E-state index contributed by atoms with van der Waals surface area (Å²) in [5.41, 5.74) is -0.377. The van der Waals surface area contributed by atoms with E-state index in [1.165, 1.54) is 0 Å². The number of amides is 2. The molecule has 24 heavy (non-hydrogen) atoms. The minimum Gasteiger partial charge on any atom is -0.443 e. The lowest BCUT2D eigenvalue weighted by Gasteiger charge is -2.27. The van der Waals surface area contributed by atoms with Crippen molar-refractivity contribution in [2.24, 2.45) is 0 Å². The van der Waals surface area contributed by atoms with E-state index in [0.29, 0.717) is 20.8 Å². The van der Waals surface area contributed by atoms with Crippen molar-refractivity contribution in [1.82, 2.24) is 9.97 Å². The molecule has 0 fully saturated rings. The van der Waals surface area contributed by atoms with Crippen LogP contribution in [0, 0.1) is 13.8 Å². The summed E-state index contributed by atoms with van der Waals surface area (Å²) in [6, 6.07) is 0. The van der Waals surface area contributed by atoms with Gasteiger partial charge >= 0.3 is 12.2 Å². The summed E-state index contributed by atoms with van der Waals surface area (Å²) in [5, 5.41) is 0. The monoisotopic (exact) mass is 401 g/mol. The molecule has 134 valence electrons. The maximum atomic E-state index is 12.5. The van der Waals surface area contributed by atoms with Crippen LogP contribution in [0.15, 0.2) is 4.47 Å². The van der Waals surface area contributed by atoms with Crippen LogP contribution in [-0.2, 0) is 9.47 Å². The number of hydrogen-bond acceptors (Lipinski definition) is 6. The molecule has 7 nitrogen and oxygen atoms in total. The van der Waals surface area contributed by atoms with Crippen LogP contribution >= 0.6 is 15.9 Å². The molecule has 0 aromatic carbocycles. The highest BCUT2D eigenvalue weighted by molar-refractivity contribution is 9.10. The van der Waals surface area contributed by atoms with Crippen molar-refractivity contribution in [2.75, 3.05) is 4.90 Å². The largest absolute Gasteiger partial charge is 0.443 e. The lowest BCUT2D eigenvalue weighted by Crippen LogP contribution is -2.44. The molecule has 2 amide bonds. The van der Waals surface area contributed by atoms with Gasteiger partial charge in [0.25, 0.3) is 0 Å². The molecule has 0 atom stereocenters. The van der Waals surface area contributed by atoms with Gasteiger partial charge in [-0.25, -0.2) is 19.6 Å². The third kappa shape index (κ3) is 5.74. The number of carbonyl (C=O) groups excluding carboxylic acids is 2. The van der Waals surface area contributed by atoms with E-state index in [0.717, 1.165) is 0 Å². The van der Waals surface area contributed by atoms with Gasteiger partial charge in [-0.05, 0) is 71.3 Å². The standard InChI is InChI=1S/C16H24BrN3O4/c1-9-11(17)10(2)19-12(18-9)20(13(21)23-15(3,4)5)14(22)24-16(6,7)8/h1-8H3. The molecule has 0 bridgehead atoms. The predicted molar refractivity (Wildman–Crippen MR) is 94.2 cm³/mol. The van der Waals surface area contributed by atoms with Crippen LogP contribution in [0.3, 0.4) is 0 Å². The first-order valence-corrected chi connectivity index (χ1v) is 8.27. The number of imide groups is 1. The van der Waals surface area contributed by atoms with Crippen molar-refractivity contribution < 1.29 is 19.1 Å². The lowest BCUT2D eigenvalue weighted by atomic mass is 10.2. The number of rotatable bonds is 1. The number of nitrogens with zero attached hydrogens (tertiary/aromatic N) is 3. The van der Waals surface area contributed by atoms with E-state index in [2.05, 4.69) is 25.9 Å². The van der Waals surface area contributed by atoms with E-state index >= 15 is 0 Å². The zero-order valence-corrected chi connectivity index (χ0v) is 16.9. The fraction of sp³-hybridized carbons (Fsp3) is 0.625. The molecule has 1 aromatic heterocycles. The molecular formula is C16H24BrN3O4. The number of aromatic nitrogens is 2. The zero-order chi connectivity index (χ0) is 18.9. The number of halogens is 1. The Morgan fingerprint density at radius 3 is 1.50 bits per heavy atom. The smallest absolute Gasteiger partial charge is 0.427 e. The average Bonchev–Trinajstić information content (AvgIpc) is 2.31. The normalized spacial score (nSPS) is 11.9. The lowest BCUT2D eigenvalue weighted by molar-refractivity contribution is 0.0427. The molecule has 0 saturated carbocycles. The Kier molecular flexibility index (Phi) is 5.97. The number of ether oxygens (including phenoxy) is 2. The maximum absolute atomic E-state index is 12.5. The second-order valence-electron chi connectivity index (χ2n) is 7.30. The molecule has 0 aliphatic carbocycles. The summed E-state index contributed by atoms with van der Waals surface area (Å²) in [4.78, 5) is 34.1. The maximum Gasteiger partial charge on any atom is 0.427 e. The Bertz CT molecular complexity index is 597. The molecular weight excluding hydrogens is 378 g/mol. The molecule has 0 aliphatic rings. The van der Waals surface area contributed by atoms with E-state index in [-0.39, 0.29) is 5.95 Å². The Labute approximate surface area is 150 Å². The molecule has 0 saturated heterocycles. The van der Waals surface area contributed by atoms with Crippen LogP contribution in [0.1, 0.15) is 52.9 Å². The van der Waals surface area contributed by atoms with Crippen molar-refractivity contribution in [3.8, 4) is 0 Å². The highest BCUT2D eigenvalue weighted by Gasteiger charge is 2.35. The third-order valence-corrected chi connectivity index (χ3v) is 3.67. The Balaban J connectivity index is 3.33. The van der Waals surface area contributed by atoms with E-state index in [1.807, 2.05) is 0 Å². The summed E-state index contributed by atoms with van der Waals surface area (Å²) in [6.45, 7) is 13.7. The molecule has 1 aromatic rings. The van der Waals surface area contributed by atoms with Gasteiger partial charge in [-0.3, -0.25) is 0 Å². The fourth-order valence-electron chi connectivity index (χ4n) is 1.64. The average molecular weight is 402 g/mol. The third-order valence-electron chi connectivity index (χ3n) is 2.52. The van der Waals surface area contributed by atoms with Gasteiger partial charge in [0.05, 0.1) is 15.9 Å². The second kappa shape index (κ2) is 7.04. The van der Waals surface area contributed by atoms with Gasteiger partial charge in [0.2, 0.25) is 5.95 Å². The SMILES string of the molecule is Cc1nc(N(C(=O)OC(C)(C)C)C(=O)OC(C)(C)C)nc(C)c1Br. The molecule has 0 unspecified atom stereocenters. The number of aryl methyl sites for hydroxylation is 2. The van der Waals surface area contributed by atoms with Gasteiger partial charge in [-0.2, -0.15) is 0 Å². The van der Waals surface area contributed by atoms with E-state index in [9.17, 15) is 9.59 Å². The highest BCUT2D eigenvalue weighted by atomic mass is 79.9. The van der Waals surface area contributed by atoms with Crippen molar-refractivity contribution in [3.05, 3.63) is 15.9 Å². The van der Waals surface area contributed by atoms with Gasteiger partial charge in [-0.1, -0.05) is 0 Å². The zero-order valence-electron chi connectivity index (χ0n) is 15.4. The summed E-state index contributed by atoms with van der Waals surface area (Å²) in [6.07, 6.45) is -1.78. The first-order chi connectivity index (χ1) is 10.7. The van der Waals surface area contributed by atoms with E-state index in [4.69, 9.17) is 9.47 Å². The van der Waals surface area contributed by atoms with Crippen molar-refractivity contribution in [3.63, 3.8) is 0 Å². The molecule has 0 radical (unpaired) electrons. The summed E-state index contributed by atoms with van der Waals surface area (Å²) in [5.74, 6) is -0.0864. The van der Waals surface area contributed by atoms with Gasteiger partial charge in [-0.15, -0.1) is 4.90 Å². The van der Waals surface area contributed by atoms with Crippen molar-refractivity contribution in [1.29, 1.82) is 0 Å². The molecule has 1 rings (SSSR count). The number of anilines is 1. The minimum atomic E-state index is -0.891. The Morgan fingerprint density at radius 1 is 0.875 bits per heavy atom. The second-order valence-corrected chi connectivity index (χ2v) is 8.10. The van der Waals surface area contributed by atoms with Gasteiger partial charge < -0.3 is 9.47 Å². The molecule has 0 aliphatic heterocycles. The van der Waals surface area contributed by atoms with Crippen molar-refractivity contribution >= 4 is 34.1 Å². The van der Waals surface area contributed by atoms with E-state index in [1.54, 1.807) is 55.4 Å². The first kappa shape index (κ1) is 20.3. The van der Waals surface area contributed by atoms with Crippen LogP contribution in [0.25, 0.3) is 0 Å². The van der Waals surface area contributed by atoms with Crippen LogP contribution in [0.4, 0.5) is 15.5 Å². The van der Waals surface area contributed by atoms with Gasteiger partial charge in [0.15, 0.2) is 0 Å². The first-order valence-electron chi connectivity index (χ1n) is 7.48. The van der Waals surface area contributed by atoms with Crippen molar-refractivity contribution in [2.45, 2.75) is 66.6 Å². The molecule has 8 heteroatoms. The summed E-state index contributed by atoms with van der Waals surface area (Å²) >= 11 is 3.36. The number of hydrogen-bond donors (Lipinski definition) is 0. The van der Waals surface area contributed by atoms with E-state index < -0.39 is 23.4 Å². The topological polar surface area (TPSA) is 81.6 Å². The molecule has 0 N–H and O–H groups in total. The van der Waals surface area contributed by atoms with Gasteiger partial charge in [0, 0.05) is 0 Å². The quantitative estimate of drug-likeness (QED) is 0.686. The Hall–Kier alpha value is -1.70. The molecule has 1 heterocycles. The number of carbonyl (C=O) groups is 2. The fourth-order valence-corrected chi connectivity index (χ4v) is 1.82. The predicted octanol–water partition coefficient (Wildman–Crippen LogP) is 4.53. The highest BCUT2D eigenvalue weighted by Crippen LogP contribution is 2.23. The Morgan fingerprint density at radius 2 is 1.21 bits per heavy atom. The van der Waals surface area contributed by atoms with Crippen LogP contribution < -0.4 is 4.90 Å². The van der Waals surface area contributed by atoms with Gasteiger partial charge in [0.1, 0.15) is 11.2 Å².